The third-order valence-corrected chi connectivity index (χ3v) is 4.11. The van der Waals surface area contributed by atoms with E-state index in [1.807, 2.05) is 6.92 Å². The number of aliphatic hydroxyl groups excluding tert-OH is 2. The number of allylic oxidation sites excluding steroid dienone is 2. The third-order valence-electron chi connectivity index (χ3n) is 4.11. The first-order valence-corrected chi connectivity index (χ1v) is 9.80. The molecule has 4 heteroatoms. The van der Waals surface area contributed by atoms with Crippen LogP contribution in [-0.4, -0.2) is 35.5 Å². The van der Waals surface area contributed by atoms with Crippen molar-refractivity contribution in [3.05, 3.63) is 12.2 Å². The van der Waals surface area contributed by atoms with Gasteiger partial charge < -0.3 is 14.9 Å². The second-order valence-corrected chi connectivity index (χ2v) is 6.45. The molecule has 0 radical (unpaired) electrons. The zero-order valence-electron chi connectivity index (χ0n) is 15.5. The minimum Gasteiger partial charge on any atom is -0.463 e. The second kappa shape index (κ2) is 18.5. The maximum Gasteiger partial charge on any atom is 0.305 e. The molecule has 0 aliphatic rings. The summed E-state index contributed by atoms with van der Waals surface area (Å²) in [5, 5.41) is 18.0. The largest absolute Gasteiger partial charge is 0.463 e. The molecule has 1 atom stereocenters. The molecule has 0 bridgehead atoms. The molecule has 4 nitrogen and oxygen atoms in total. The summed E-state index contributed by atoms with van der Waals surface area (Å²) in [5.74, 6) is -0.188. The van der Waals surface area contributed by atoms with E-state index < -0.39 is 6.10 Å². The Morgan fingerprint density at radius 3 is 2.04 bits per heavy atom. The lowest BCUT2D eigenvalue weighted by molar-refractivity contribution is -0.146. The number of rotatable bonds is 17. The number of carbonyl (C=O) groups is 1. The van der Waals surface area contributed by atoms with Crippen LogP contribution in [-0.2, 0) is 9.53 Å². The molecule has 24 heavy (non-hydrogen) atoms. The summed E-state index contributed by atoms with van der Waals surface area (Å²) in [7, 11) is 0. The van der Waals surface area contributed by atoms with Gasteiger partial charge in [-0.1, -0.05) is 51.2 Å². The van der Waals surface area contributed by atoms with Crippen LogP contribution in [0.2, 0.25) is 0 Å². The molecule has 0 fully saturated rings. The van der Waals surface area contributed by atoms with Gasteiger partial charge in [0.15, 0.2) is 0 Å². The molecule has 1 unspecified atom stereocenters. The van der Waals surface area contributed by atoms with Crippen molar-refractivity contribution in [3.63, 3.8) is 0 Å². The van der Waals surface area contributed by atoms with E-state index in [-0.39, 0.29) is 12.6 Å². The minimum absolute atomic E-state index is 0.129. The number of hydrogen-bond donors (Lipinski definition) is 2. The van der Waals surface area contributed by atoms with Gasteiger partial charge in [0, 0.05) is 13.0 Å². The van der Waals surface area contributed by atoms with E-state index >= 15 is 0 Å². The fraction of sp³-hybridized carbons (Fsp3) is 0.850. The topological polar surface area (TPSA) is 66.8 Å². The van der Waals surface area contributed by atoms with Crippen LogP contribution in [0.4, 0.5) is 0 Å². The molecule has 0 amide bonds. The molecule has 0 aromatic carbocycles. The smallest absolute Gasteiger partial charge is 0.305 e. The van der Waals surface area contributed by atoms with Crippen molar-refractivity contribution in [1.82, 2.24) is 0 Å². The highest BCUT2D eigenvalue weighted by molar-refractivity contribution is 5.69. The van der Waals surface area contributed by atoms with Gasteiger partial charge in [-0.15, -0.1) is 0 Å². The molecule has 0 aliphatic carbocycles. The van der Waals surface area contributed by atoms with Crippen molar-refractivity contribution in [2.45, 2.75) is 96.5 Å². The summed E-state index contributed by atoms with van der Waals surface area (Å²) in [5.41, 5.74) is 0. The number of ether oxygens (including phenoxy) is 1. The highest BCUT2D eigenvalue weighted by Gasteiger charge is 2.06. The Morgan fingerprint density at radius 2 is 1.46 bits per heavy atom. The first kappa shape index (κ1) is 23.1. The van der Waals surface area contributed by atoms with Gasteiger partial charge in [-0.05, 0) is 44.9 Å². The normalized spacial score (nSPS) is 12.6. The molecule has 0 rings (SSSR count). The fourth-order valence-electron chi connectivity index (χ4n) is 2.40. The summed E-state index contributed by atoms with van der Waals surface area (Å²) in [6, 6.07) is 0. The van der Waals surface area contributed by atoms with Crippen LogP contribution in [0.5, 0.6) is 0 Å². The van der Waals surface area contributed by atoms with Gasteiger partial charge in [0.1, 0.15) is 6.61 Å². The van der Waals surface area contributed by atoms with E-state index in [9.17, 15) is 9.90 Å². The molecule has 142 valence electrons. The Labute approximate surface area is 148 Å². The molecule has 0 heterocycles. The van der Waals surface area contributed by atoms with Gasteiger partial charge in [0.25, 0.3) is 0 Å². The van der Waals surface area contributed by atoms with Crippen molar-refractivity contribution in [1.29, 1.82) is 0 Å². The molecular weight excluding hydrogens is 304 g/mol. The number of unbranched alkanes of at least 4 members (excludes halogenated alkanes) is 9. The first-order chi connectivity index (χ1) is 11.7. The average Bonchev–Trinajstić information content (AvgIpc) is 2.59. The van der Waals surface area contributed by atoms with Gasteiger partial charge in [0.05, 0.1) is 6.10 Å². The summed E-state index contributed by atoms with van der Waals surface area (Å²) >= 11 is 0. The SMILES string of the molecule is CCC(O)COC(=O)CCCCCCCC/C=C/CCCCCO. The Hall–Kier alpha value is -0.870. The van der Waals surface area contributed by atoms with Gasteiger partial charge in [-0.2, -0.15) is 0 Å². The number of aliphatic hydroxyl groups is 2. The van der Waals surface area contributed by atoms with Gasteiger partial charge in [0.2, 0.25) is 0 Å². The highest BCUT2D eigenvalue weighted by Crippen LogP contribution is 2.10. The van der Waals surface area contributed by atoms with Crippen LogP contribution < -0.4 is 0 Å². The lowest BCUT2D eigenvalue weighted by Gasteiger charge is -2.08. The summed E-state index contributed by atoms with van der Waals surface area (Å²) in [6.07, 6.45) is 17.5. The molecule has 0 aromatic rings. The molecule has 0 aliphatic heterocycles. The van der Waals surface area contributed by atoms with Crippen LogP contribution >= 0.6 is 0 Å². The van der Waals surface area contributed by atoms with E-state index in [1.54, 1.807) is 0 Å². The van der Waals surface area contributed by atoms with Crippen molar-refractivity contribution in [2.24, 2.45) is 0 Å². The van der Waals surface area contributed by atoms with Gasteiger partial charge in [-0.3, -0.25) is 4.79 Å². The van der Waals surface area contributed by atoms with E-state index in [0.29, 0.717) is 19.4 Å². The highest BCUT2D eigenvalue weighted by atomic mass is 16.5. The Kier molecular flexibility index (Phi) is 17.8. The zero-order chi connectivity index (χ0) is 17.9. The molecule has 0 saturated heterocycles. The summed E-state index contributed by atoms with van der Waals surface area (Å²) in [4.78, 5) is 11.4. The quantitative estimate of drug-likeness (QED) is 0.231. The van der Waals surface area contributed by atoms with Gasteiger partial charge >= 0.3 is 5.97 Å². The Morgan fingerprint density at radius 1 is 0.917 bits per heavy atom. The second-order valence-electron chi connectivity index (χ2n) is 6.45. The number of hydrogen-bond acceptors (Lipinski definition) is 4. The Balaban J connectivity index is 3.22. The summed E-state index contributed by atoms with van der Waals surface area (Å²) < 4.78 is 5.00. The maximum atomic E-state index is 11.4. The van der Waals surface area contributed by atoms with Crippen LogP contribution in [0.15, 0.2) is 12.2 Å². The lowest BCUT2D eigenvalue weighted by Crippen LogP contribution is -2.17. The standard InChI is InChI=1S/C20H38O4/c1-2-19(22)18-24-20(23)16-14-12-10-8-6-4-3-5-7-9-11-13-15-17-21/h5,7,19,21-22H,2-4,6,8-18H2,1H3/b7-5+. The van der Waals surface area contributed by atoms with Crippen LogP contribution in [0.3, 0.4) is 0 Å². The average molecular weight is 343 g/mol. The summed E-state index contributed by atoms with van der Waals surface area (Å²) in [6.45, 7) is 2.31. The zero-order valence-corrected chi connectivity index (χ0v) is 15.5. The van der Waals surface area contributed by atoms with Crippen LogP contribution in [0, 0.1) is 0 Å². The van der Waals surface area contributed by atoms with Crippen molar-refractivity contribution in [3.8, 4) is 0 Å². The molecule has 2 N–H and O–H groups in total. The molecule has 0 saturated carbocycles. The van der Waals surface area contributed by atoms with Crippen molar-refractivity contribution in [2.75, 3.05) is 13.2 Å². The number of esters is 1. The van der Waals surface area contributed by atoms with E-state index in [2.05, 4.69) is 12.2 Å². The molecule has 0 aromatic heterocycles. The van der Waals surface area contributed by atoms with E-state index in [4.69, 9.17) is 9.84 Å². The van der Waals surface area contributed by atoms with Crippen LogP contribution in [0.25, 0.3) is 0 Å². The van der Waals surface area contributed by atoms with Crippen molar-refractivity contribution < 1.29 is 19.7 Å². The van der Waals surface area contributed by atoms with E-state index in [0.717, 1.165) is 38.5 Å². The van der Waals surface area contributed by atoms with Gasteiger partial charge in [-0.25, -0.2) is 0 Å². The van der Waals surface area contributed by atoms with Crippen molar-refractivity contribution >= 4 is 5.97 Å². The predicted molar refractivity (Wildman–Crippen MR) is 98.9 cm³/mol. The number of carbonyl (C=O) groups excluding carboxylic acids is 1. The first-order valence-electron chi connectivity index (χ1n) is 9.80. The molecule has 0 spiro atoms. The predicted octanol–water partition coefficient (Wildman–Crippen LogP) is 4.53. The maximum absolute atomic E-state index is 11.4. The van der Waals surface area contributed by atoms with Crippen LogP contribution in [0.1, 0.15) is 90.4 Å². The molecular formula is C20H38O4. The fourth-order valence-corrected chi connectivity index (χ4v) is 2.40. The lowest BCUT2D eigenvalue weighted by atomic mass is 10.1. The third kappa shape index (κ3) is 17.5. The van der Waals surface area contributed by atoms with E-state index in [1.165, 1.54) is 32.1 Å². The minimum atomic E-state index is -0.524. The monoisotopic (exact) mass is 342 g/mol. The Bertz CT molecular complexity index is 302.